The third-order valence-corrected chi connectivity index (χ3v) is 4.27. The van der Waals surface area contributed by atoms with Gasteiger partial charge in [-0.05, 0) is 43.2 Å². The first-order chi connectivity index (χ1) is 12.2. The molecule has 6 heteroatoms. The van der Waals surface area contributed by atoms with Gasteiger partial charge in [-0.2, -0.15) is 0 Å². The van der Waals surface area contributed by atoms with E-state index in [0.717, 1.165) is 33.9 Å². The van der Waals surface area contributed by atoms with E-state index in [1.807, 2.05) is 49.4 Å². The second-order valence-corrected chi connectivity index (χ2v) is 6.12. The molecule has 2 N–H and O–H groups in total. The summed E-state index contributed by atoms with van der Waals surface area (Å²) in [6, 6.07) is 13.4. The predicted octanol–water partition coefficient (Wildman–Crippen LogP) is 3.10. The Kier molecular flexibility index (Phi) is 4.01. The third-order valence-electron chi connectivity index (χ3n) is 4.27. The summed E-state index contributed by atoms with van der Waals surface area (Å²) in [5, 5.41) is 2.99. The van der Waals surface area contributed by atoms with E-state index in [4.69, 9.17) is 9.47 Å². The van der Waals surface area contributed by atoms with Crippen molar-refractivity contribution in [3.05, 3.63) is 53.9 Å². The average molecular weight is 337 g/mol. The number of ether oxygens (including phenoxy) is 2. The minimum Gasteiger partial charge on any atom is -0.454 e. The fourth-order valence-corrected chi connectivity index (χ4v) is 2.91. The standard InChI is InChI=1S/C19H19N3O3/c1-12(19-21-14-4-2-3-5-15(14)22-19)20-18(23)9-7-13-6-8-16-17(10-13)25-11-24-16/h2-6,8,10,12H,7,9,11H2,1H3,(H,20,23)(H,21,22). The Morgan fingerprint density at radius 3 is 2.96 bits per heavy atom. The van der Waals surface area contributed by atoms with E-state index in [0.29, 0.717) is 12.8 Å². The molecule has 3 aromatic rings. The molecule has 6 nitrogen and oxygen atoms in total. The van der Waals surface area contributed by atoms with Crippen LogP contribution in [0, 0.1) is 0 Å². The highest BCUT2D eigenvalue weighted by Gasteiger charge is 2.15. The summed E-state index contributed by atoms with van der Waals surface area (Å²) in [6.45, 7) is 2.18. The van der Waals surface area contributed by atoms with E-state index in [1.54, 1.807) is 0 Å². The Balaban J connectivity index is 1.35. The Hall–Kier alpha value is -3.02. The molecule has 1 aliphatic heterocycles. The number of H-pyrrole nitrogens is 1. The molecule has 0 bridgehead atoms. The number of amides is 1. The number of benzene rings is 2. The zero-order chi connectivity index (χ0) is 17.2. The number of carbonyl (C=O) groups is 1. The number of aromatic nitrogens is 2. The summed E-state index contributed by atoms with van der Waals surface area (Å²) in [4.78, 5) is 20.0. The van der Waals surface area contributed by atoms with Crippen molar-refractivity contribution in [3.63, 3.8) is 0 Å². The first-order valence-corrected chi connectivity index (χ1v) is 8.31. The summed E-state index contributed by atoms with van der Waals surface area (Å²) in [6.07, 6.45) is 1.06. The third kappa shape index (κ3) is 3.28. The van der Waals surface area contributed by atoms with Crippen LogP contribution in [0.5, 0.6) is 11.5 Å². The second-order valence-electron chi connectivity index (χ2n) is 6.12. The van der Waals surface area contributed by atoms with Gasteiger partial charge in [0.25, 0.3) is 0 Å². The summed E-state index contributed by atoms with van der Waals surface area (Å²) < 4.78 is 10.7. The highest BCUT2D eigenvalue weighted by atomic mass is 16.7. The lowest BCUT2D eigenvalue weighted by molar-refractivity contribution is -0.121. The van der Waals surface area contributed by atoms with Crippen LogP contribution >= 0.6 is 0 Å². The van der Waals surface area contributed by atoms with Crippen LogP contribution in [0.25, 0.3) is 11.0 Å². The first kappa shape index (κ1) is 15.5. The maximum atomic E-state index is 12.2. The number of hydrogen-bond acceptors (Lipinski definition) is 4. The Morgan fingerprint density at radius 1 is 1.24 bits per heavy atom. The van der Waals surface area contributed by atoms with Gasteiger partial charge in [0.2, 0.25) is 12.7 Å². The molecule has 0 fully saturated rings. The lowest BCUT2D eigenvalue weighted by atomic mass is 10.1. The number of imidazole rings is 1. The van der Waals surface area contributed by atoms with Crippen LogP contribution in [0.2, 0.25) is 0 Å². The van der Waals surface area contributed by atoms with Crippen LogP contribution in [-0.2, 0) is 11.2 Å². The van der Waals surface area contributed by atoms with E-state index in [-0.39, 0.29) is 18.7 Å². The van der Waals surface area contributed by atoms with Crippen LogP contribution in [0.15, 0.2) is 42.5 Å². The van der Waals surface area contributed by atoms with Crippen LogP contribution in [0.4, 0.5) is 0 Å². The molecule has 128 valence electrons. The summed E-state index contributed by atoms with van der Waals surface area (Å²) in [7, 11) is 0. The number of fused-ring (bicyclic) bond motifs is 2. The molecule has 1 amide bonds. The number of nitrogens with zero attached hydrogens (tertiary/aromatic N) is 1. The van der Waals surface area contributed by atoms with Gasteiger partial charge in [-0.15, -0.1) is 0 Å². The molecule has 1 aromatic heterocycles. The van der Waals surface area contributed by atoms with Crippen molar-refractivity contribution >= 4 is 16.9 Å². The largest absolute Gasteiger partial charge is 0.454 e. The maximum absolute atomic E-state index is 12.2. The molecule has 0 saturated carbocycles. The maximum Gasteiger partial charge on any atom is 0.231 e. The highest BCUT2D eigenvalue weighted by molar-refractivity contribution is 5.77. The number of aryl methyl sites for hydroxylation is 1. The molecule has 0 aliphatic carbocycles. The second kappa shape index (κ2) is 6.47. The number of aromatic amines is 1. The minimum absolute atomic E-state index is 0.00868. The van der Waals surface area contributed by atoms with Gasteiger partial charge in [-0.1, -0.05) is 18.2 Å². The van der Waals surface area contributed by atoms with Crippen LogP contribution in [0.3, 0.4) is 0 Å². The fourth-order valence-electron chi connectivity index (χ4n) is 2.91. The number of nitrogens with one attached hydrogen (secondary N) is 2. The van der Waals surface area contributed by atoms with Gasteiger partial charge in [0, 0.05) is 6.42 Å². The Labute approximate surface area is 145 Å². The highest BCUT2D eigenvalue weighted by Crippen LogP contribution is 2.32. The normalized spacial score (nSPS) is 13.8. The van der Waals surface area contributed by atoms with Crippen molar-refractivity contribution in [1.29, 1.82) is 0 Å². The zero-order valence-corrected chi connectivity index (χ0v) is 13.9. The average Bonchev–Trinajstić information content (AvgIpc) is 3.25. The van der Waals surface area contributed by atoms with Crippen molar-refractivity contribution in [2.24, 2.45) is 0 Å². The molecule has 25 heavy (non-hydrogen) atoms. The molecule has 1 atom stereocenters. The smallest absolute Gasteiger partial charge is 0.231 e. The van der Waals surface area contributed by atoms with Crippen molar-refractivity contribution in [1.82, 2.24) is 15.3 Å². The number of rotatable bonds is 5. The number of carbonyl (C=O) groups excluding carboxylic acids is 1. The molecule has 4 rings (SSSR count). The van der Waals surface area contributed by atoms with E-state index in [2.05, 4.69) is 15.3 Å². The van der Waals surface area contributed by atoms with Crippen molar-refractivity contribution in [3.8, 4) is 11.5 Å². The van der Waals surface area contributed by atoms with Gasteiger partial charge in [0.1, 0.15) is 5.82 Å². The van der Waals surface area contributed by atoms with Gasteiger partial charge >= 0.3 is 0 Å². The topological polar surface area (TPSA) is 76.2 Å². The van der Waals surface area contributed by atoms with Gasteiger partial charge < -0.3 is 19.8 Å². The van der Waals surface area contributed by atoms with E-state index in [1.165, 1.54) is 0 Å². The molecule has 2 heterocycles. The SMILES string of the molecule is CC(NC(=O)CCc1ccc2c(c1)OCO2)c1nc2ccccc2[nH]1. The lowest BCUT2D eigenvalue weighted by Crippen LogP contribution is -2.27. The Bertz CT molecular complexity index is 886. The Morgan fingerprint density at radius 2 is 2.08 bits per heavy atom. The lowest BCUT2D eigenvalue weighted by Gasteiger charge is -2.11. The van der Waals surface area contributed by atoms with Gasteiger partial charge in [-0.3, -0.25) is 4.79 Å². The number of hydrogen-bond donors (Lipinski definition) is 2. The van der Waals surface area contributed by atoms with Crippen LogP contribution < -0.4 is 14.8 Å². The van der Waals surface area contributed by atoms with Gasteiger partial charge in [0.05, 0.1) is 17.1 Å². The summed E-state index contributed by atoms with van der Waals surface area (Å²) in [5.41, 5.74) is 2.92. The van der Waals surface area contributed by atoms with E-state index >= 15 is 0 Å². The molecular formula is C19H19N3O3. The first-order valence-electron chi connectivity index (χ1n) is 8.31. The summed E-state index contributed by atoms with van der Waals surface area (Å²) >= 11 is 0. The summed E-state index contributed by atoms with van der Waals surface area (Å²) in [5.74, 6) is 2.25. The fraction of sp³-hybridized carbons (Fsp3) is 0.263. The van der Waals surface area contributed by atoms with Crippen LogP contribution in [-0.4, -0.2) is 22.7 Å². The predicted molar refractivity (Wildman–Crippen MR) is 93.5 cm³/mol. The van der Waals surface area contributed by atoms with Gasteiger partial charge in [0.15, 0.2) is 11.5 Å². The quantitative estimate of drug-likeness (QED) is 0.750. The van der Waals surface area contributed by atoms with Crippen LogP contribution in [0.1, 0.15) is 30.8 Å². The van der Waals surface area contributed by atoms with Crippen molar-refractivity contribution in [2.75, 3.05) is 6.79 Å². The molecule has 0 radical (unpaired) electrons. The monoisotopic (exact) mass is 337 g/mol. The zero-order valence-electron chi connectivity index (χ0n) is 13.9. The van der Waals surface area contributed by atoms with Crippen molar-refractivity contribution in [2.45, 2.75) is 25.8 Å². The minimum atomic E-state index is -0.170. The van der Waals surface area contributed by atoms with Crippen molar-refractivity contribution < 1.29 is 14.3 Å². The van der Waals surface area contributed by atoms with E-state index < -0.39 is 0 Å². The van der Waals surface area contributed by atoms with E-state index in [9.17, 15) is 4.79 Å². The molecule has 0 saturated heterocycles. The molecular weight excluding hydrogens is 318 g/mol. The number of para-hydroxylation sites is 2. The molecule has 0 spiro atoms. The molecule has 1 unspecified atom stereocenters. The van der Waals surface area contributed by atoms with Gasteiger partial charge in [-0.25, -0.2) is 4.98 Å². The molecule has 1 aliphatic rings. The molecule has 2 aromatic carbocycles.